The summed E-state index contributed by atoms with van der Waals surface area (Å²) in [5.41, 5.74) is 0.0847. The van der Waals surface area contributed by atoms with Crippen LogP contribution in [0.3, 0.4) is 0 Å². The number of hydrogen-bond donors (Lipinski definition) is 1. The maximum Gasteiger partial charge on any atom is 0.339 e. The van der Waals surface area contributed by atoms with E-state index in [1.165, 1.54) is 11.0 Å². The number of aromatic carboxylic acids is 1. The van der Waals surface area contributed by atoms with E-state index in [2.05, 4.69) is 0 Å². The maximum absolute atomic E-state index is 13.7. The molecular formula is C26H32N2O5. The lowest BCUT2D eigenvalue weighted by atomic mass is 9.72. The minimum absolute atomic E-state index is 0.00609. The number of urea groups is 1. The molecule has 33 heavy (non-hydrogen) atoms. The number of carboxylic acid groups (broad SMARTS) is 1. The van der Waals surface area contributed by atoms with Crippen molar-refractivity contribution >= 4 is 17.9 Å². The van der Waals surface area contributed by atoms with Crippen LogP contribution in [-0.4, -0.2) is 45.6 Å². The summed E-state index contributed by atoms with van der Waals surface area (Å²) in [7, 11) is 0. The Morgan fingerprint density at radius 2 is 1.67 bits per heavy atom. The number of hydrogen-bond acceptors (Lipinski definition) is 4. The van der Waals surface area contributed by atoms with Crippen LogP contribution in [0.1, 0.15) is 68.9 Å². The van der Waals surface area contributed by atoms with Gasteiger partial charge in [-0.05, 0) is 43.9 Å². The van der Waals surface area contributed by atoms with Crippen LogP contribution in [0.4, 0.5) is 4.79 Å². The normalized spacial score (nSPS) is 17.8. The molecule has 0 aliphatic carbocycles. The predicted octanol–water partition coefficient (Wildman–Crippen LogP) is 5.33. The van der Waals surface area contributed by atoms with Crippen LogP contribution in [0, 0.1) is 5.41 Å². The molecule has 0 saturated carbocycles. The third kappa shape index (κ3) is 4.32. The topological polar surface area (TPSA) is 87.2 Å². The minimum Gasteiger partial charge on any atom is -0.478 e. The number of rotatable bonds is 9. The number of imide groups is 1. The summed E-state index contributed by atoms with van der Waals surface area (Å²) in [5, 5.41) is 9.56. The van der Waals surface area contributed by atoms with Gasteiger partial charge >= 0.3 is 12.0 Å². The molecule has 1 aliphatic rings. The van der Waals surface area contributed by atoms with E-state index in [4.69, 9.17) is 4.74 Å². The van der Waals surface area contributed by atoms with Crippen molar-refractivity contribution in [1.29, 1.82) is 0 Å². The first-order valence-corrected chi connectivity index (χ1v) is 11.5. The number of para-hydroxylation sites is 1. The molecule has 2 atom stereocenters. The fourth-order valence-corrected chi connectivity index (χ4v) is 4.50. The van der Waals surface area contributed by atoms with Crippen molar-refractivity contribution in [2.75, 3.05) is 6.54 Å². The standard InChI is InChI=1S/C26H32N2O5/c1-5-17-27(18(4)19-13-9-8-10-14-19)25(32)28-23(31)26(6-2,7-3)24(28)33-21-16-12-11-15-20(21)22(29)30/h8-16,18,24H,5-7,17H2,1-4H3,(H,29,30)/t18-,24+/m1/s1. The molecule has 1 aliphatic heterocycles. The molecule has 176 valence electrons. The highest BCUT2D eigenvalue weighted by Crippen LogP contribution is 2.47. The predicted molar refractivity (Wildman–Crippen MR) is 125 cm³/mol. The molecule has 1 heterocycles. The van der Waals surface area contributed by atoms with Crippen LogP contribution < -0.4 is 4.74 Å². The summed E-state index contributed by atoms with van der Waals surface area (Å²) in [4.78, 5) is 41.6. The van der Waals surface area contributed by atoms with E-state index in [0.717, 1.165) is 12.0 Å². The van der Waals surface area contributed by atoms with Crippen molar-refractivity contribution in [1.82, 2.24) is 9.80 Å². The van der Waals surface area contributed by atoms with Gasteiger partial charge in [-0.1, -0.05) is 63.2 Å². The van der Waals surface area contributed by atoms with Gasteiger partial charge in [-0.3, -0.25) is 4.79 Å². The van der Waals surface area contributed by atoms with Gasteiger partial charge in [-0.2, -0.15) is 0 Å². The van der Waals surface area contributed by atoms with Crippen molar-refractivity contribution in [3.05, 3.63) is 65.7 Å². The molecule has 3 amide bonds. The van der Waals surface area contributed by atoms with Gasteiger partial charge in [-0.25, -0.2) is 14.5 Å². The largest absolute Gasteiger partial charge is 0.478 e. The Hall–Kier alpha value is -3.35. The van der Waals surface area contributed by atoms with E-state index in [1.54, 1.807) is 23.1 Å². The Morgan fingerprint density at radius 1 is 1.06 bits per heavy atom. The third-order valence-electron chi connectivity index (χ3n) is 6.64. The Morgan fingerprint density at radius 3 is 2.24 bits per heavy atom. The smallest absolute Gasteiger partial charge is 0.339 e. The van der Waals surface area contributed by atoms with Crippen LogP contribution in [0.15, 0.2) is 54.6 Å². The first-order valence-electron chi connectivity index (χ1n) is 11.5. The Labute approximate surface area is 195 Å². The summed E-state index contributed by atoms with van der Waals surface area (Å²) in [6.45, 7) is 8.17. The van der Waals surface area contributed by atoms with E-state index in [1.807, 2.05) is 58.0 Å². The number of benzene rings is 2. The molecule has 7 heteroatoms. The van der Waals surface area contributed by atoms with Gasteiger partial charge in [0.25, 0.3) is 0 Å². The first kappa shape index (κ1) is 24.3. The number of carbonyl (C=O) groups excluding carboxylic acids is 2. The quantitative estimate of drug-likeness (QED) is 0.520. The molecule has 3 rings (SSSR count). The maximum atomic E-state index is 13.7. The molecule has 0 bridgehead atoms. The molecule has 1 saturated heterocycles. The second kappa shape index (κ2) is 10.1. The second-order valence-electron chi connectivity index (χ2n) is 8.37. The van der Waals surface area contributed by atoms with Crippen molar-refractivity contribution in [3.8, 4) is 5.75 Å². The van der Waals surface area contributed by atoms with Gasteiger partial charge < -0.3 is 14.7 Å². The average molecular weight is 453 g/mol. The zero-order valence-electron chi connectivity index (χ0n) is 19.7. The number of carboxylic acids is 1. The summed E-state index contributed by atoms with van der Waals surface area (Å²) in [5.74, 6) is -1.26. The number of β-lactam (4-membered cyclic amide) rings is 1. The number of nitrogens with zero attached hydrogens (tertiary/aromatic N) is 2. The van der Waals surface area contributed by atoms with E-state index < -0.39 is 23.6 Å². The lowest BCUT2D eigenvalue weighted by molar-refractivity contribution is -0.192. The van der Waals surface area contributed by atoms with Crippen molar-refractivity contribution in [2.24, 2.45) is 5.41 Å². The number of likely N-dealkylation sites (tertiary alicyclic amines) is 1. The highest BCUT2D eigenvalue weighted by Gasteiger charge is 2.63. The van der Waals surface area contributed by atoms with Crippen molar-refractivity contribution in [3.63, 3.8) is 0 Å². The molecule has 1 N–H and O–H groups in total. The highest BCUT2D eigenvalue weighted by atomic mass is 16.5. The lowest BCUT2D eigenvalue weighted by Crippen LogP contribution is -2.74. The van der Waals surface area contributed by atoms with Crippen LogP contribution in [0.5, 0.6) is 5.75 Å². The van der Waals surface area contributed by atoms with Gasteiger partial charge in [0.15, 0.2) is 6.23 Å². The van der Waals surface area contributed by atoms with Gasteiger partial charge in [0.2, 0.25) is 5.91 Å². The Kier molecular flexibility index (Phi) is 7.41. The van der Waals surface area contributed by atoms with E-state index in [0.29, 0.717) is 19.4 Å². The van der Waals surface area contributed by atoms with Crippen LogP contribution in [-0.2, 0) is 4.79 Å². The monoisotopic (exact) mass is 452 g/mol. The number of carbonyl (C=O) groups is 3. The van der Waals surface area contributed by atoms with E-state index in [9.17, 15) is 19.5 Å². The zero-order chi connectivity index (χ0) is 24.2. The van der Waals surface area contributed by atoms with E-state index >= 15 is 0 Å². The summed E-state index contributed by atoms with van der Waals surface area (Å²) < 4.78 is 6.14. The average Bonchev–Trinajstić information content (AvgIpc) is 2.83. The summed E-state index contributed by atoms with van der Waals surface area (Å²) in [6.07, 6.45) is 0.808. The molecule has 1 fully saturated rings. The van der Waals surface area contributed by atoms with Crippen molar-refractivity contribution in [2.45, 2.75) is 59.2 Å². The van der Waals surface area contributed by atoms with Crippen LogP contribution in [0.2, 0.25) is 0 Å². The molecule has 0 aromatic heterocycles. The van der Waals surface area contributed by atoms with Gasteiger partial charge in [-0.15, -0.1) is 0 Å². The molecular weight excluding hydrogens is 420 g/mol. The molecule has 0 unspecified atom stereocenters. The SMILES string of the molecule is CCCN(C(=O)N1C(=O)C(CC)(CC)[C@@H]1Oc1ccccc1C(=O)O)[C@H](C)c1ccccc1. The fraction of sp³-hybridized carbons (Fsp3) is 0.423. The van der Waals surface area contributed by atoms with E-state index in [-0.39, 0.29) is 23.3 Å². The zero-order valence-corrected chi connectivity index (χ0v) is 19.7. The molecule has 2 aromatic carbocycles. The third-order valence-corrected chi connectivity index (χ3v) is 6.64. The van der Waals surface area contributed by atoms with Crippen LogP contribution >= 0.6 is 0 Å². The second-order valence-corrected chi connectivity index (χ2v) is 8.37. The molecule has 7 nitrogen and oxygen atoms in total. The van der Waals surface area contributed by atoms with Crippen LogP contribution in [0.25, 0.3) is 0 Å². The number of amides is 3. The summed E-state index contributed by atoms with van der Waals surface area (Å²) in [6, 6.07) is 15.3. The fourth-order valence-electron chi connectivity index (χ4n) is 4.50. The lowest BCUT2D eigenvalue weighted by Gasteiger charge is -2.54. The highest BCUT2D eigenvalue weighted by molar-refractivity contribution is 6.03. The Balaban J connectivity index is 1.97. The molecule has 0 spiro atoms. The molecule has 2 aromatic rings. The first-order chi connectivity index (χ1) is 15.8. The Bertz CT molecular complexity index is 1000. The van der Waals surface area contributed by atoms with Crippen molar-refractivity contribution < 1.29 is 24.2 Å². The molecule has 0 radical (unpaired) electrons. The number of ether oxygens (including phenoxy) is 1. The summed E-state index contributed by atoms with van der Waals surface area (Å²) >= 11 is 0. The minimum atomic E-state index is -1.13. The van der Waals surface area contributed by atoms with Gasteiger partial charge in [0.1, 0.15) is 16.7 Å². The van der Waals surface area contributed by atoms with Gasteiger partial charge in [0.05, 0.1) is 6.04 Å². The van der Waals surface area contributed by atoms with Gasteiger partial charge in [0, 0.05) is 6.54 Å².